The number of carbonyl (C=O) groups excluding carboxylic acids is 1. The number of hydrogen-bond acceptors (Lipinski definition) is 4. The third kappa shape index (κ3) is 4.06. The maximum absolute atomic E-state index is 12.7. The molecule has 0 bridgehead atoms. The molecule has 0 aromatic carbocycles. The number of ether oxygens (including phenoxy) is 1. The highest BCUT2D eigenvalue weighted by atomic mass is 16.5. The van der Waals surface area contributed by atoms with Crippen LogP contribution in [0.15, 0.2) is 0 Å². The predicted molar refractivity (Wildman–Crippen MR) is 87.9 cm³/mol. The first-order chi connectivity index (χ1) is 10.3. The highest BCUT2D eigenvalue weighted by Gasteiger charge is 2.74. The summed E-state index contributed by atoms with van der Waals surface area (Å²) in [5.74, 6) is -1.07. The summed E-state index contributed by atoms with van der Waals surface area (Å²) in [6.07, 6.45) is 2.02. The van der Waals surface area contributed by atoms with E-state index in [0.29, 0.717) is 19.3 Å². The molecule has 2 N–H and O–H groups in total. The van der Waals surface area contributed by atoms with E-state index in [1.165, 1.54) is 0 Å². The molecule has 0 aliphatic heterocycles. The number of hydrogen-bond donors (Lipinski definition) is 2. The number of aliphatic hydroxyl groups excluding tert-OH is 1. The molecule has 0 radical (unpaired) electrons. The van der Waals surface area contributed by atoms with Gasteiger partial charge in [0.25, 0.3) is 0 Å². The molecule has 1 aliphatic carbocycles. The van der Waals surface area contributed by atoms with Crippen LogP contribution in [0.2, 0.25) is 0 Å². The summed E-state index contributed by atoms with van der Waals surface area (Å²) >= 11 is 0. The summed E-state index contributed by atoms with van der Waals surface area (Å²) in [4.78, 5) is 23.7. The van der Waals surface area contributed by atoms with Crippen molar-refractivity contribution in [1.29, 1.82) is 0 Å². The molecule has 0 saturated heterocycles. The van der Waals surface area contributed by atoms with Crippen molar-refractivity contribution >= 4 is 11.9 Å². The van der Waals surface area contributed by atoms with Gasteiger partial charge in [-0.2, -0.15) is 0 Å². The van der Waals surface area contributed by atoms with Crippen molar-refractivity contribution in [3.8, 4) is 0 Å². The first kappa shape index (κ1) is 19.9. The summed E-state index contributed by atoms with van der Waals surface area (Å²) in [6.45, 7) is 12.3. The van der Waals surface area contributed by atoms with Crippen LogP contribution in [-0.4, -0.2) is 35.4 Å². The molecule has 23 heavy (non-hydrogen) atoms. The zero-order valence-corrected chi connectivity index (χ0v) is 15.4. The van der Waals surface area contributed by atoms with Crippen LogP contribution < -0.4 is 0 Å². The number of carboxylic acid groups (broad SMARTS) is 1. The molecule has 2 atom stereocenters. The standard InChI is InChI=1S/C18H32O5/c1-15(2,3)11-18(14(22)23-10-9-19)12-17(18,6)16(4,5)8-7-13(20)21/h19H,7-12H2,1-6H3,(H,20,21). The number of rotatable bonds is 8. The molecule has 2 unspecified atom stereocenters. The largest absolute Gasteiger partial charge is 0.481 e. The summed E-state index contributed by atoms with van der Waals surface area (Å²) < 4.78 is 5.28. The van der Waals surface area contributed by atoms with Crippen LogP contribution in [0, 0.1) is 21.7 Å². The SMILES string of the molecule is CC(C)(C)CC1(C(=O)OCCO)CC1(C)C(C)(C)CCC(=O)O. The molecular formula is C18H32O5. The van der Waals surface area contributed by atoms with Gasteiger partial charge in [-0.05, 0) is 35.5 Å². The summed E-state index contributed by atoms with van der Waals surface area (Å²) in [7, 11) is 0. The Morgan fingerprint density at radius 3 is 2.17 bits per heavy atom. The molecule has 0 heterocycles. The van der Waals surface area contributed by atoms with Crippen molar-refractivity contribution in [3.05, 3.63) is 0 Å². The lowest BCUT2D eigenvalue weighted by molar-refractivity contribution is -0.156. The number of carbonyl (C=O) groups is 2. The molecule has 134 valence electrons. The van der Waals surface area contributed by atoms with Crippen LogP contribution in [0.1, 0.15) is 67.2 Å². The Hall–Kier alpha value is -1.10. The zero-order chi connectivity index (χ0) is 18.1. The second kappa shape index (κ2) is 6.42. The van der Waals surface area contributed by atoms with Gasteiger partial charge in [0, 0.05) is 6.42 Å². The molecule has 1 saturated carbocycles. The fraction of sp³-hybridized carbons (Fsp3) is 0.889. The highest BCUT2D eigenvalue weighted by molar-refractivity contribution is 5.82. The van der Waals surface area contributed by atoms with Gasteiger partial charge in [0.1, 0.15) is 6.61 Å². The van der Waals surface area contributed by atoms with Crippen LogP contribution in [0.25, 0.3) is 0 Å². The van der Waals surface area contributed by atoms with Gasteiger partial charge < -0.3 is 14.9 Å². The molecule has 0 aromatic rings. The lowest BCUT2D eigenvalue weighted by atomic mass is 9.66. The van der Waals surface area contributed by atoms with Gasteiger partial charge >= 0.3 is 11.9 Å². The number of carboxylic acids is 1. The minimum absolute atomic E-state index is 0.0103. The average Bonchev–Trinajstić information content (AvgIpc) is 2.99. The lowest BCUT2D eigenvalue weighted by Gasteiger charge is -2.38. The topological polar surface area (TPSA) is 83.8 Å². The number of aliphatic carboxylic acids is 1. The van der Waals surface area contributed by atoms with E-state index in [2.05, 4.69) is 27.7 Å². The zero-order valence-electron chi connectivity index (χ0n) is 15.4. The van der Waals surface area contributed by atoms with Crippen LogP contribution in [0.5, 0.6) is 0 Å². The molecular weight excluding hydrogens is 296 g/mol. The minimum atomic E-state index is -0.813. The second-order valence-corrected chi connectivity index (χ2v) is 8.97. The smallest absolute Gasteiger partial charge is 0.312 e. The maximum atomic E-state index is 12.7. The van der Waals surface area contributed by atoms with Crippen molar-refractivity contribution in [2.24, 2.45) is 21.7 Å². The first-order valence-electron chi connectivity index (χ1n) is 8.31. The van der Waals surface area contributed by atoms with E-state index >= 15 is 0 Å². The number of aliphatic hydroxyl groups is 1. The fourth-order valence-corrected chi connectivity index (χ4v) is 3.95. The first-order valence-corrected chi connectivity index (χ1v) is 8.31. The van der Waals surface area contributed by atoms with E-state index in [0.717, 1.165) is 0 Å². The van der Waals surface area contributed by atoms with Gasteiger partial charge in [-0.25, -0.2) is 0 Å². The normalized spacial score (nSPS) is 27.6. The fourth-order valence-electron chi connectivity index (χ4n) is 3.95. The predicted octanol–water partition coefficient (Wildman–Crippen LogP) is 3.25. The van der Waals surface area contributed by atoms with Crippen molar-refractivity contribution in [3.63, 3.8) is 0 Å². The van der Waals surface area contributed by atoms with Crippen LogP contribution in [-0.2, 0) is 14.3 Å². The van der Waals surface area contributed by atoms with Gasteiger partial charge in [0.05, 0.1) is 12.0 Å². The summed E-state index contributed by atoms with van der Waals surface area (Å²) in [5.41, 5.74) is -1.22. The van der Waals surface area contributed by atoms with Crippen molar-refractivity contribution in [1.82, 2.24) is 0 Å². The Morgan fingerprint density at radius 2 is 1.74 bits per heavy atom. The Morgan fingerprint density at radius 1 is 1.17 bits per heavy atom. The van der Waals surface area contributed by atoms with E-state index in [-0.39, 0.29) is 41.8 Å². The van der Waals surface area contributed by atoms with Crippen molar-refractivity contribution in [2.45, 2.75) is 67.2 Å². The molecule has 5 heteroatoms. The molecule has 1 fully saturated rings. The molecule has 1 rings (SSSR count). The van der Waals surface area contributed by atoms with E-state index in [4.69, 9.17) is 14.9 Å². The third-order valence-electron chi connectivity index (χ3n) is 5.59. The van der Waals surface area contributed by atoms with E-state index in [9.17, 15) is 9.59 Å². The average molecular weight is 328 g/mol. The molecule has 0 spiro atoms. The monoisotopic (exact) mass is 328 g/mol. The second-order valence-electron chi connectivity index (χ2n) is 8.97. The molecule has 0 aromatic heterocycles. The van der Waals surface area contributed by atoms with Gasteiger partial charge in [-0.15, -0.1) is 0 Å². The summed E-state index contributed by atoms with van der Waals surface area (Å²) in [6, 6.07) is 0. The number of esters is 1. The molecule has 1 aliphatic rings. The summed E-state index contributed by atoms with van der Waals surface area (Å²) in [5, 5.41) is 17.9. The minimum Gasteiger partial charge on any atom is -0.481 e. The molecule has 5 nitrogen and oxygen atoms in total. The van der Waals surface area contributed by atoms with Gasteiger partial charge in [-0.1, -0.05) is 41.5 Å². The highest BCUT2D eigenvalue weighted by Crippen LogP contribution is 2.76. The maximum Gasteiger partial charge on any atom is 0.312 e. The van der Waals surface area contributed by atoms with E-state index in [1.807, 2.05) is 13.8 Å². The Balaban J connectivity index is 3.05. The van der Waals surface area contributed by atoms with E-state index < -0.39 is 11.4 Å². The van der Waals surface area contributed by atoms with Crippen LogP contribution in [0.4, 0.5) is 0 Å². The third-order valence-corrected chi connectivity index (χ3v) is 5.59. The molecule has 0 amide bonds. The lowest BCUT2D eigenvalue weighted by Crippen LogP contribution is -2.37. The van der Waals surface area contributed by atoms with Gasteiger partial charge in [0.2, 0.25) is 0 Å². The Bertz CT molecular complexity index is 463. The van der Waals surface area contributed by atoms with Gasteiger partial charge in [-0.3, -0.25) is 9.59 Å². The Labute approximate surface area is 139 Å². The quantitative estimate of drug-likeness (QED) is 0.668. The van der Waals surface area contributed by atoms with Crippen LogP contribution >= 0.6 is 0 Å². The van der Waals surface area contributed by atoms with Crippen molar-refractivity contribution < 1.29 is 24.5 Å². The van der Waals surface area contributed by atoms with E-state index in [1.54, 1.807) is 0 Å². The van der Waals surface area contributed by atoms with Crippen LogP contribution in [0.3, 0.4) is 0 Å². The Kier molecular flexibility index (Phi) is 5.57. The van der Waals surface area contributed by atoms with Crippen molar-refractivity contribution in [2.75, 3.05) is 13.2 Å². The van der Waals surface area contributed by atoms with Gasteiger partial charge in [0.15, 0.2) is 0 Å².